The summed E-state index contributed by atoms with van der Waals surface area (Å²) in [6, 6.07) is 22.4. The van der Waals surface area contributed by atoms with E-state index in [2.05, 4.69) is 16.6 Å². The molecule has 0 saturated carbocycles. The third-order valence-electron chi connectivity index (χ3n) is 4.02. The van der Waals surface area contributed by atoms with Gasteiger partial charge in [0.2, 0.25) is 0 Å². The van der Waals surface area contributed by atoms with Crippen molar-refractivity contribution >= 4 is 29.4 Å². The summed E-state index contributed by atoms with van der Waals surface area (Å²) in [6.45, 7) is 0.779. The lowest BCUT2D eigenvalue weighted by Gasteiger charge is -2.10. The molecule has 1 N–H and O–H groups in total. The normalized spacial score (nSPS) is 10.6. The van der Waals surface area contributed by atoms with Gasteiger partial charge in [-0.1, -0.05) is 59.6 Å². The van der Waals surface area contributed by atoms with Gasteiger partial charge >= 0.3 is 0 Å². The Morgan fingerprint density at radius 2 is 1.75 bits per heavy atom. The Bertz CT molecular complexity index is 1030. The topological polar surface area (TPSA) is 57.4 Å². The summed E-state index contributed by atoms with van der Waals surface area (Å²) < 4.78 is 5.91. The van der Waals surface area contributed by atoms with Crippen LogP contribution >= 0.6 is 23.2 Å². The van der Waals surface area contributed by atoms with E-state index < -0.39 is 0 Å². The van der Waals surface area contributed by atoms with Gasteiger partial charge in [-0.05, 0) is 35.9 Å². The van der Waals surface area contributed by atoms with Gasteiger partial charge < -0.3 is 10.2 Å². The fraction of sp³-hybridized carbons (Fsp3) is 0.0909. The van der Waals surface area contributed by atoms with Crippen LogP contribution in [0.25, 0.3) is 0 Å². The van der Waals surface area contributed by atoms with Crippen LogP contribution in [-0.2, 0) is 13.2 Å². The number of nitrogens with one attached hydrogen (secondary N) is 1. The van der Waals surface area contributed by atoms with Crippen LogP contribution in [0.2, 0.25) is 10.0 Å². The second-order valence-electron chi connectivity index (χ2n) is 5.92. The summed E-state index contributed by atoms with van der Waals surface area (Å²) in [6.07, 6.45) is 1.65. The predicted octanol–water partition coefficient (Wildman–Crippen LogP) is 5.57. The molecular formula is C22H17Cl2N3O. The second-order valence-corrected chi connectivity index (χ2v) is 6.77. The lowest BCUT2D eigenvalue weighted by Crippen LogP contribution is -2.06. The highest BCUT2D eigenvalue weighted by atomic mass is 35.5. The van der Waals surface area contributed by atoms with Crippen LogP contribution in [-0.4, -0.2) is 6.21 Å². The van der Waals surface area contributed by atoms with Crippen molar-refractivity contribution in [3.05, 3.63) is 99.0 Å². The van der Waals surface area contributed by atoms with Gasteiger partial charge in [-0.2, -0.15) is 10.4 Å². The molecule has 3 aromatic carbocycles. The highest BCUT2D eigenvalue weighted by Crippen LogP contribution is 2.23. The third-order valence-corrected chi connectivity index (χ3v) is 4.62. The zero-order valence-corrected chi connectivity index (χ0v) is 16.4. The largest absolute Gasteiger partial charge is 0.488 e. The van der Waals surface area contributed by atoms with Crippen LogP contribution in [0.15, 0.2) is 71.8 Å². The van der Waals surface area contributed by atoms with Crippen LogP contribution < -0.4 is 10.2 Å². The minimum absolute atomic E-state index is 0.277. The molecule has 3 aromatic rings. The zero-order chi connectivity index (χ0) is 19.8. The maximum atomic E-state index is 9.20. The molecule has 0 saturated heterocycles. The molecule has 3 rings (SSSR count). The van der Waals surface area contributed by atoms with Gasteiger partial charge in [0, 0.05) is 21.2 Å². The Labute approximate surface area is 174 Å². The van der Waals surface area contributed by atoms with Gasteiger partial charge in [0.25, 0.3) is 0 Å². The SMILES string of the molecule is N#Cc1ccccc1COc1ccc(Cl)cc1/C=N\NCc1ccccc1Cl. The minimum Gasteiger partial charge on any atom is -0.488 e. The molecule has 0 atom stereocenters. The lowest BCUT2D eigenvalue weighted by atomic mass is 10.1. The standard InChI is InChI=1S/C22H17Cl2N3O/c23-20-9-10-22(28-15-18-7-2-1-5-16(18)12-25)19(11-20)14-27-26-13-17-6-3-4-8-21(17)24/h1-11,14,26H,13,15H2/b27-14-. The van der Waals surface area contributed by atoms with E-state index in [-0.39, 0.29) is 6.61 Å². The molecule has 0 aliphatic carbocycles. The quantitative estimate of drug-likeness (QED) is 0.409. The van der Waals surface area contributed by atoms with Crippen LogP contribution in [0.4, 0.5) is 0 Å². The molecular weight excluding hydrogens is 393 g/mol. The number of benzene rings is 3. The van der Waals surface area contributed by atoms with E-state index >= 15 is 0 Å². The maximum absolute atomic E-state index is 9.20. The van der Waals surface area contributed by atoms with Crippen LogP contribution in [0.5, 0.6) is 5.75 Å². The Kier molecular flexibility index (Phi) is 6.91. The lowest BCUT2D eigenvalue weighted by molar-refractivity contribution is 0.305. The summed E-state index contributed by atoms with van der Waals surface area (Å²) in [7, 11) is 0. The summed E-state index contributed by atoms with van der Waals surface area (Å²) in [5.41, 5.74) is 6.07. The average molecular weight is 410 g/mol. The highest BCUT2D eigenvalue weighted by molar-refractivity contribution is 6.31. The fourth-order valence-corrected chi connectivity index (χ4v) is 2.93. The van der Waals surface area contributed by atoms with Crippen LogP contribution in [0.1, 0.15) is 22.3 Å². The van der Waals surface area contributed by atoms with Crippen molar-refractivity contribution < 1.29 is 4.74 Å². The average Bonchev–Trinajstić information content (AvgIpc) is 2.72. The van der Waals surface area contributed by atoms with Crippen molar-refractivity contribution in [2.24, 2.45) is 5.10 Å². The Morgan fingerprint density at radius 1 is 1.00 bits per heavy atom. The number of hydrogen-bond acceptors (Lipinski definition) is 4. The Balaban J connectivity index is 1.68. The van der Waals surface area contributed by atoms with Gasteiger partial charge in [0.1, 0.15) is 12.4 Å². The summed E-state index contributed by atoms with van der Waals surface area (Å²) in [4.78, 5) is 0. The smallest absolute Gasteiger partial charge is 0.128 e. The molecule has 0 aliphatic rings. The van der Waals surface area contributed by atoms with Crippen LogP contribution in [0.3, 0.4) is 0 Å². The minimum atomic E-state index is 0.277. The van der Waals surface area contributed by atoms with Gasteiger partial charge in [0.15, 0.2) is 0 Å². The fourth-order valence-electron chi connectivity index (χ4n) is 2.55. The first-order valence-corrected chi connectivity index (χ1v) is 9.32. The van der Waals surface area contributed by atoms with Crippen molar-refractivity contribution in [2.45, 2.75) is 13.2 Å². The van der Waals surface area contributed by atoms with E-state index in [1.807, 2.05) is 42.5 Å². The number of nitriles is 1. The third kappa shape index (κ3) is 5.26. The van der Waals surface area contributed by atoms with E-state index in [0.717, 1.165) is 16.7 Å². The summed E-state index contributed by atoms with van der Waals surface area (Å²) >= 11 is 12.3. The Hall–Kier alpha value is -3.00. The molecule has 0 spiro atoms. The zero-order valence-electron chi connectivity index (χ0n) is 14.9. The first kappa shape index (κ1) is 19.8. The summed E-state index contributed by atoms with van der Waals surface area (Å²) in [5.74, 6) is 0.625. The van der Waals surface area contributed by atoms with E-state index in [0.29, 0.717) is 27.9 Å². The molecule has 0 radical (unpaired) electrons. The van der Waals surface area contributed by atoms with Crippen molar-refractivity contribution in [1.29, 1.82) is 5.26 Å². The monoisotopic (exact) mass is 409 g/mol. The van der Waals surface area contributed by atoms with Gasteiger partial charge in [-0.3, -0.25) is 0 Å². The number of halogens is 2. The van der Waals surface area contributed by atoms with Crippen molar-refractivity contribution in [3.63, 3.8) is 0 Å². The number of nitrogens with zero attached hydrogens (tertiary/aromatic N) is 2. The van der Waals surface area contributed by atoms with Crippen molar-refractivity contribution in [3.8, 4) is 11.8 Å². The number of rotatable bonds is 7. The molecule has 0 amide bonds. The molecule has 0 aromatic heterocycles. The van der Waals surface area contributed by atoms with Crippen LogP contribution in [0, 0.1) is 11.3 Å². The second kappa shape index (κ2) is 9.80. The van der Waals surface area contributed by atoms with E-state index in [4.69, 9.17) is 27.9 Å². The first-order chi connectivity index (χ1) is 13.7. The molecule has 28 heavy (non-hydrogen) atoms. The molecule has 140 valence electrons. The predicted molar refractivity (Wildman–Crippen MR) is 113 cm³/mol. The summed E-state index contributed by atoms with van der Waals surface area (Å²) in [5, 5.41) is 14.7. The molecule has 0 heterocycles. The van der Waals surface area contributed by atoms with E-state index in [1.54, 1.807) is 30.5 Å². The number of ether oxygens (including phenoxy) is 1. The molecule has 6 heteroatoms. The Morgan fingerprint density at radius 3 is 2.54 bits per heavy atom. The molecule has 0 aliphatic heterocycles. The number of hydrazone groups is 1. The highest BCUT2D eigenvalue weighted by Gasteiger charge is 2.06. The van der Waals surface area contributed by atoms with E-state index in [9.17, 15) is 5.26 Å². The van der Waals surface area contributed by atoms with Gasteiger partial charge in [-0.15, -0.1) is 0 Å². The van der Waals surface area contributed by atoms with Crippen molar-refractivity contribution in [1.82, 2.24) is 5.43 Å². The molecule has 0 bridgehead atoms. The van der Waals surface area contributed by atoms with Crippen molar-refractivity contribution in [2.75, 3.05) is 0 Å². The van der Waals surface area contributed by atoms with Gasteiger partial charge in [0.05, 0.1) is 24.4 Å². The molecule has 0 unspecified atom stereocenters. The maximum Gasteiger partial charge on any atom is 0.128 e. The van der Waals surface area contributed by atoms with E-state index in [1.165, 1.54) is 0 Å². The molecule has 0 fully saturated rings. The first-order valence-electron chi connectivity index (χ1n) is 8.57. The number of hydrogen-bond donors (Lipinski definition) is 1. The van der Waals surface area contributed by atoms with Gasteiger partial charge in [-0.25, -0.2) is 0 Å². The molecule has 4 nitrogen and oxygen atoms in total.